The van der Waals surface area contributed by atoms with E-state index in [9.17, 15) is 14.0 Å². The summed E-state index contributed by atoms with van der Waals surface area (Å²) in [5.41, 5.74) is 7.20. The van der Waals surface area contributed by atoms with Gasteiger partial charge in [0.1, 0.15) is 5.82 Å². The third-order valence-corrected chi connectivity index (χ3v) is 7.20. The van der Waals surface area contributed by atoms with Gasteiger partial charge in [-0.1, -0.05) is 58.9 Å². The number of hydrogen-bond donors (Lipinski definition) is 3. The van der Waals surface area contributed by atoms with E-state index in [1.807, 2.05) is 44.2 Å². The number of likely N-dealkylation sites (N-methyl/N-ethyl adjacent to an activating group) is 1. The van der Waals surface area contributed by atoms with Crippen molar-refractivity contribution >= 4 is 28.6 Å². The van der Waals surface area contributed by atoms with Crippen molar-refractivity contribution in [2.24, 2.45) is 11.3 Å². The number of benzene rings is 3. The molecule has 6 heteroatoms. The van der Waals surface area contributed by atoms with Gasteiger partial charge < -0.3 is 16.0 Å². The molecule has 0 heterocycles. The average Bonchev–Trinajstić information content (AvgIpc) is 2.95. The first-order chi connectivity index (χ1) is 19.4. The Bertz CT molecular complexity index is 1420. The SMILES string of the molecule is CCNc1cc(C)c(/C(C(=O)NC)=C(/c2ccc(F)cc2)C(C)CC)cc1-c1cccc(C(=O)NCC(C)(C)C)c1. The Kier molecular flexibility index (Phi) is 10.5. The molecule has 218 valence electrons. The molecule has 0 spiro atoms. The van der Waals surface area contributed by atoms with E-state index in [0.29, 0.717) is 24.2 Å². The zero-order chi connectivity index (χ0) is 30.3. The van der Waals surface area contributed by atoms with E-state index in [1.165, 1.54) is 12.1 Å². The Balaban J connectivity index is 2.28. The number of anilines is 1. The summed E-state index contributed by atoms with van der Waals surface area (Å²) in [5, 5.41) is 9.33. The number of rotatable bonds is 10. The van der Waals surface area contributed by atoms with Crippen LogP contribution in [-0.2, 0) is 4.79 Å². The van der Waals surface area contributed by atoms with Gasteiger partial charge in [0.2, 0.25) is 0 Å². The van der Waals surface area contributed by atoms with Gasteiger partial charge in [-0.25, -0.2) is 4.39 Å². The minimum absolute atomic E-state index is 0.0300. The minimum atomic E-state index is -0.321. The number of carbonyl (C=O) groups excluding carboxylic acids is 2. The molecule has 0 fully saturated rings. The highest BCUT2D eigenvalue weighted by Gasteiger charge is 2.25. The monoisotopic (exact) mass is 557 g/mol. The highest BCUT2D eigenvalue weighted by molar-refractivity contribution is 6.27. The number of halogens is 1. The Hall–Kier alpha value is -3.93. The van der Waals surface area contributed by atoms with Crippen LogP contribution in [0.1, 0.15) is 75.0 Å². The lowest BCUT2D eigenvalue weighted by atomic mass is 9.82. The van der Waals surface area contributed by atoms with Crippen molar-refractivity contribution in [3.8, 4) is 11.1 Å². The fourth-order valence-corrected chi connectivity index (χ4v) is 4.85. The van der Waals surface area contributed by atoms with Gasteiger partial charge in [-0.05, 0) is 95.8 Å². The summed E-state index contributed by atoms with van der Waals surface area (Å²) in [6.45, 7) is 15.7. The van der Waals surface area contributed by atoms with E-state index < -0.39 is 0 Å². The molecule has 0 radical (unpaired) electrons. The molecule has 1 atom stereocenters. The first-order valence-corrected chi connectivity index (χ1v) is 14.4. The van der Waals surface area contributed by atoms with Crippen LogP contribution >= 0.6 is 0 Å². The lowest BCUT2D eigenvalue weighted by Crippen LogP contribution is -2.32. The fourth-order valence-electron chi connectivity index (χ4n) is 4.85. The largest absolute Gasteiger partial charge is 0.385 e. The molecule has 5 nitrogen and oxygen atoms in total. The highest BCUT2D eigenvalue weighted by Crippen LogP contribution is 2.39. The van der Waals surface area contributed by atoms with E-state index in [2.05, 4.69) is 56.6 Å². The molecule has 1 unspecified atom stereocenters. The van der Waals surface area contributed by atoms with Crippen LogP contribution in [0, 0.1) is 24.1 Å². The van der Waals surface area contributed by atoms with Gasteiger partial charge in [0, 0.05) is 37.0 Å². The van der Waals surface area contributed by atoms with Gasteiger partial charge in [0.15, 0.2) is 0 Å². The lowest BCUT2D eigenvalue weighted by molar-refractivity contribution is -0.115. The second kappa shape index (κ2) is 13.6. The molecule has 3 N–H and O–H groups in total. The summed E-state index contributed by atoms with van der Waals surface area (Å²) >= 11 is 0. The molecule has 3 aromatic carbocycles. The van der Waals surface area contributed by atoms with E-state index in [4.69, 9.17) is 0 Å². The van der Waals surface area contributed by atoms with Crippen molar-refractivity contribution in [1.82, 2.24) is 10.6 Å². The van der Waals surface area contributed by atoms with Crippen LogP contribution in [0.5, 0.6) is 0 Å². The third-order valence-electron chi connectivity index (χ3n) is 7.20. The molecule has 0 saturated carbocycles. The highest BCUT2D eigenvalue weighted by atomic mass is 19.1. The molecule has 0 bridgehead atoms. The van der Waals surface area contributed by atoms with Gasteiger partial charge in [0.05, 0.1) is 5.57 Å². The van der Waals surface area contributed by atoms with Crippen LogP contribution in [0.4, 0.5) is 10.1 Å². The number of allylic oxidation sites excluding steroid dienone is 1. The van der Waals surface area contributed by atoms with Crippen molar-refractivity contribution in [3.63, 3.8) is 0 Å². The summed E-state index contributed by atoms with van der Waals surface area (Å²) in [4.78, 5) is 26.6. The van der Waals surface area contributed by atoms with E-state index in [0.717, 1.165) is 45.5 Å². The van der Waals surface area contributed by atoms with E-state index >= 15 is 0 Å². The molecule has 2 amide bonds. The molecule has 0 aliphatic heterocycles. The van der Waals surface area contributed by atoms with Gasteiger partial charge >= 0.3 is 0 Å². The summed E-state index contributed by atoms with van der Waals surface area (Å²) in [7, 11) is 1.63. The normalized spacial score (nSPS) is 12.8. The fraction of sp³-hybridized carbons (Fsp3) is 0.371. The number of nitrogens with one attached hydrogen (secondary N) is 3. The number of carbonyl (C=O) groups is 2. The Morgan fingerprint density at radius 1 is 0.951 bits per heavy atom. The molecule has 0 aromatic heterocycles. The first-order valence-electron chi connectivity index (χ1n) is 14.4. The predicted octanol–water partition coefficient (Wildman–Crippen LogP) is 7.71. The molecular formula is C35H44FN3O2. The van der Waals surface area contributed by atoms with Crippen LogP contribution in [0.3, 0.4) is 0 Å². The topological polar surface area (TPSA) is 70.2 Å². The second-order valence-electron chi connectivity index (χ2n) is 11.8. The van der Waals surface area contributed by atoms with Gasteiger partial charge in [-0.15, -0.1) is 0 Å². The van der Waals surface area contributed by atoms with Crippen molar-refractivity contribution in [1.29, 1.82) is 0 Å². The number of hydrogen-bond acceptors (Lipinski definition) is 3. The lowest BCUT2D eigenvalue weighted by Gasteiger charge is -2.23. The van der Waals surface area contributed by atoms with Gasteiger partial charge in [0.25, 0.3) is 11.8 Å². The summed E-state index contributed by atoms with van der Waals surface area (Å²) < 4.78 is 13.9. The molecule has 3 rings (SSSR count). The minimum Gasteiger partial charge on any atom is -0.385 e. The maximum Gasteiger partial charge on any atom is 0.251 e. The van der Waals surface area contributed by atoms with Crippen LogP contribution in [-0.4, -0.2) is 32.0 Å². The Morgan fingerprint density at radius 2 is 1.63 bits per heavy atom. The molecule has 0 saturated heterocycles. The van der Waals surface area contributed by atoms with Crippen LogP contribution in [0.15, 0.2) is 60.7 Å². The standard InChI is InChI=1S/C35H44FN3O2/c1-9-22(3)31(24-14-16-27(36)17-15-24)32(34(41)37-8)28-20-29(30(38-10-2)18-23(28)4)25-12-11-13-26(19-25)33(40)39-21-35(5,6)7/h11-20,22,38H,9-10,21H2,1-8H3,(H,37,41)(H,39,40)/b32-31-. The van der Waals surface area contributed by atoms with E-state index in [1.54, 1.807) is 19.2 Å². The van der Waals surface area contributed by atoms with Crippen LogP contribution in [0.25, 0.3) is 22.3 Å². The maximum absolute atomic E-state index is 13.9. The smallest absolute Gasteiger partial charge is 0.251 e. The molecule has 0 aliphatic rings. The Labute approximate surface area is 244 Å². The van der Waals surface area contributed by atoms with Gasteiger partial charge in [-0.3, -0.25) is 9.59 Å². The van der Waals surface area contributed by atoms with Gasteiger partial charge in [-0.2, -0.15) is 0 Å². The Morgan fingerprint density at radius 3 is 2.22 bits per heavy atom. The van der Waals surface area contributed by atoms with Crippen molar-refractivity contribution in [3.05, 3.63) is 88.7 Å². The number of amides is 2. The second-order valence-corrected chi connectivity index (χ2v) is 11.8. The van der Waals surface area contributed by atoms with Crippen molar-refractivity contribution < 1.29 is 14.0 Å². The quantitative estimate of drug-likeness (QED) is 0.177. The average molecular weight is 558 g/mol. The first kappa shape index (κ1) is 31.6. The van der Waals surface area contributed by atoms with Crippen molar-refractivity contribution in [2.75, 3.05) is 25.5 Å². The maximum atomic E-state index is 13.9. The van der Waals surface area contributed by atoms with Crippen molar-refractivity contribution in [2.45, 2.75) is 54.9 Å². The molecule has 41 heavy (non-hydrogen) atoms. The number of aryl methyl sites for hydroxylation is 1. The zero-order valence-electron chi connectivity index (χ0n) is 25.7. The summed E-state index contributed by atoms with van der Waals surface area (Å²) in [6, 6.07) is 18.0. The third kappa shape index (κ3) is 7.84. The van der Waals surface area contributed by atoms with Crippen LogP contribution in [0.2, 0.25) is 0 Å². The molecular weight excluding hydrogens is 513 g/mol. The van der Waals surface area contributed by atoms with Crippen LogP contribution < -0.4 is 16.0 Å². The zero-order valence-corrected chi connectivity index (χ0v) is 25.7. The van der Waals surface area contributed by atoms with E-state index in [-0.39, 0.29) is 29.0 Å². The summed E-state index contributed by atoms with van der Waals surface area (Å²) in [6.07, 6.45) is 0.806. The molecule has 3 aromatic rings. The predicted molar refractivity (Wildman–Crippen MR) is 169 cm³/mol. The summed E-state index contributed by atoms with van der Waals surface area (Å²) in [5.74, 6) is -0.608. The molecule has 0 aliphatic carbocycles.